The molecule has 0 bridgehead atoms. The predicted octanol–water partition coefficient (Wildman–Crippen LogP) is 15.6. The van der Waals surface area contributed by atoms with Crippen molar-refractivity contribution < 1.29 is 0 Å². The van der Waals surface area contributed by atoms with Crippen molar-refractivity contribution in [3.05, 3.63) is 208 Å². The van der Waals surface area contributed by atoms with Crippen molar-refractivity contribution in [2.75, 3.05) is 4.90 Å². The molecular formula is C64H53BN2. The quantitative estimate of drug-likeness (QED) is 0.157. The number of hydrogen-bond acceptors (Lipinski definition) is 1. The molecular weight excluding hydrogens is 808 g/mol. The number of aromatic nitrogens is 1. The summed E-state index contributed by atoms with van der Waals surface area (Å²) < 4.78 is 2.76. The fourth-order valence-electron chi connectivity index (χ4n) is 12.9. The highest BCUT2D eigenvalue weighted by Gasteiger charge is 2.44. The molecule has 2 nitrogen and oxygen atoms in total. The lowest BCUT2D eigenvalue weighted by Crippen LogP contribution is -2.57. The predicted molar refractivity (Wildman–Crippen MR) is 287 cm³/mol. The minimum Gasteiger partial charge on any atom is -0.375 e. The number of aryl methyl sites for hydroxylation is 7. The van der Waals surface area contributed by atoms with Crippen LogP contribution in [-0.4, -0.2) is 11.3 Å². The molecule has 0 amide bonds. The number of nitrogens with zero attached hydrogens (tertiary/aromatic N) is 2. The molecule has 3 heteroatoms. The lowest BCUT2D eigenvalue weighted by atomic mass is 9.44. The highest BCUT2D eigenvalue weighted by atomic mass is 15.2. The molecule has 10 aromatic rings. The minimum atomic E-state index is -0.0377. The first-order chi connectivity index (χ1) is 32.7. The summed E-state index contributed by atoms with van der Waals surface area (Å²) in [6, 6.07) is 63.1. The van der Waals surface area contributed by atoms with Crippen LogP contribution in [0.2, 0.25) is 0 Å². The average molecular weight is 861 g/mol. The molecule has 0 spiro atoms. The Labute approximate surface area is 395 Å². The van der Waals surface area contributed by atoms with Crippen LogP contribution in [-0.2, 0) is 12.8 Å². The van der Waals surface area contributed by atoms with Gasteiger partial charge in [0.25, 0.3) is 0 Å². The van der Waals surface area contributed by atoms with Crippen molar-refractivity contribution in [2.24, 2.45) is 0 Å². The summed E-state index contributed by atoms with van der Waals surface area (Å²) in [7, 11) is 0. The number of benzene rings is 9. The van der Waals surface area contributed by atoms with E-state index in [0.29, 0.717) is 0 Å². The maximum absolute atomic E-state index is 2.76. The van der Waals surface area contributed by atoms with Crippen LogP contribution in [0.1, 0.15) is 57.3 Å². The second kappa shape index (κ2) is 15.1. The van der Waals surface area contributed by atoms with Gasteiger partial charge in [0.05, 0.1) is 0 Å². The van der Waals surface area contributed by atoms with Gasteiger partial charge in [0.2, 0.25) is 0 Å². The lowest BCUT2D eigenvalue weighted by molar-refractivity contribution is 0.687. The summed E-state index contributed by atoms with van der Waals surface area (Å²) in [5, 5.41) is 2.63. The van der Waals surface area contributed by atoms with Gasteiger partial charge in [0.1, 0.15) is 0 Å². The molecule has 9 aromatic carbocycles. The van der Waals surface area contributed by atoms with E-state index >= 15 is 0 Å². The maximum atomic E-state index is 2.76. The number of rotatable bonds is 5. The smallest absolute Gasteiger partial charge is 0.333 e. The second-order valence-electron chi connectivity index (χ2n) is 19.9. The Bertz CT molecular complexity index is 3640. The third-order valence-electron chi connectivity index (χ3n) is 15.4. The van der Waals surface area contributed by atoms with Crippen LogP contribution < -0.4 is 15.8 Å². The fraction of sp³-hybridized carbons (Fsp3) is 0.156. The first-order valence-electron chi connectivity index (χ1n) is 24.3. The molecule has 0 saturated carbocycles. The van der Waals surface area contributed by atoms with Crippen LogP contribution in [0.3, 0.4) is 0 Å². The van der Waals surface area contributed by atoms with Crippen LogP contribution in [0.15, 0.2) is 164 Å². The lowest BCUT2D eigenvalue weighted by Gasteiger charge is -2.42. The van der Waals surface area contributed by atoms with Gasteiger partial charge in [-0.2, -0.15) is 0 Å². The van der Waals surface area contributed by atoms with E-state index in [1.54, 1.807) is 5.56 Å². The highest BCUT2D eigenvalue weighted by Crippen LogP contribution is 2.50. The fourth-order valence-corrected chi connectivity index (χ4v) is 12.9. The molecule has 0 saturated heterocycles. The molecule has 0 atom stereocenters. The molecule has 0 N–H and O–H groups in total. The molecule has 0 unspecified atom stereocenters. The molecule has 2 aliphatic heterocycles. The molecule has 1 aromatic heterocycles. The van der Waals surface area contributed by atoms with Crippen LogP contribution in [0.4, 0.5) is 17.1 Å². The Morgan fingerprint density at radius 3 is 1.69 bits per heavy atom. The van der Waals surface area contributed by atoms with Gasteiger partial charge in [-0.25, -0.2) is 0 Å². The normalized spacial score (nSPS) is 13.5. The Balaban J connectivity index is 1.15. The van der Waals surface area contributed by atoms with E-state index in [0.717, 1.165) is 12.8 Å². The zero-order valence-electron chi connectivity index (χ0n) is 39.4. The highest BCUT2D eigenvalue weighted by molar-refractivity contribution is 6.90. The summed E-state index contributed by atoms with van der Waals surface area (Å²) in [5.41, 5.74) is 33.2. The third kappa shape index (κ3) is 6.10. The maximum Gasteiger partial charge on any atom is 0.333 e. The van der Waals surface area contributed by atoms with Crippen LogP contribution in [0.5, 0.6) is 0 Å². The Morgan fingerprint density at radius 1 is 0.433 bits per heavy atom. The van der Waals surface area contributed by atoms with Gasteiger partial charge in [0.15, 0.2) is 0 Å². The summed E-state index contributed by atoms with van der Waals surface area (Å²) in [4.78, 5) is 2.62. The van der Waals surface area contributed by atoms with Crippen molar-refractivity contribution in [1.29, 1.82) is 0 Å². The molecule has 67 heavy (non-hydrogen) atoms. The van der Waals surface area contributed by atoms with Crippen molar-refractivity contribution in [2.45, 2.75) is 67.2 Å². The largest absolute Gasteiger partial charge is 0.375 e. The van der Waals surface area contributed by atoms with E-state index < -0.39 is 0 Å². The minimum absolute atomic E-state index is 0.0377. The van der Waals surface area contributed by atoms with Gasteiger partial charge in [-0.3, -0.25) is 0 Å². The van der Waals surface area contributed by atoms with E-state index in [-0.39, 0.29) is 6.85 Å². The molecule has 322 valence electrons. The molecule has 3 heterocycles. The van der Waals surface area contributed by atoms with Crippen LogP contribution >= 0.6 is 0 Å². The zero-order valence-corrected chi connectivity index (χ0v) is 39.4. The van der Waals surface area contributed by atoms with E-state index in [4.69, 9.17) is 0 Å². The molecule has 0 radical (unpaired) electrons. The molecule has 13 rings (SSSR count). The molecule has 0 fully saturated rings. The number of fused-ring (bicyclic) bond motifs is 9. The van der Waals surface area contributed by atoms with Crippen molar-refractivity contribution >= 4 is 56.6 Å². The van der Waals surface area contributed by atoms with E-state index in [9.17, 15) is 0 Å². The van der Waals surface area contributed by atoms with Gasteiger partial charge in [-0.1, -0.05) is 126 Å². The third-order valence-corrected chi connectivity index (χ3v) is 15.4. The SMILES string of the molecule is Cc1cc(C)c(-c2ccc(N3c4ccc(-c5c(C)cc(C)cc5C)cc4B4c5c3cc3c(c5-c5cc(-c6ccccc6)cc6c7cc(-c8ccccc8)ccc7n4c56)CCCC3)cc2)c(C)c1. The topological polar surface area (TPSA) is 8.17 Å². The van der Waals surface area contributed by atoms with E-state index in [1.165, 1.54) is 157 Å². The van der Waals surface area contributed by atoms with Gasteiger partial charge in [-0.15, -0.1) is 0 Å². The summed E-state index contributed by atoms with van der Waals surface area (Å²) in [6.45, 7) is 13.5. The van der Waals surface area contributed by atoms with E-state index in [2.05, 4.69) is 215 Å². The molecule has 1 aliphatic carbocycles. The van der Waals surface area contributed by atoms with Gasteiger partial charge in [-0.05, 0) is 210 Å². The first-order valence-corrected chi connectivity index (χ1v) is 24.3. The van der Waals surface area contributed by atoms with Crippen LogP contribution in [0, 0.1) is 41.5 Å². The number of hydrogen-bond donors (Lipinski definition) is 0. The van der Waals surface area contributed by atoms with Gasteiger partial charge in [0, 0.05) is 44.4 Å². The Hall–Kier alpha value is -7.36. The molecule has 3 aliphatic rings. The van der Waals surface area contributed by atoms with Crippen molar-refractivity contribution in [1.82, 2.24) is 4.48 Å². The van der Waals surface area contributed by atoms with Gasteiger partial charge < -0.3 is 9.38 Å². The van der Waals surface area contributed by atoms with Crippen molar-refractivity contribution in [3.63, 3.8) is 0 Å². The van der Waals surface area contributed by atoms with Gasteiger partial charge >= 0.3 is 6.85 Å². The van der Waals surface area contributed by atoms with Crippen molar-refractivity contribution in [3.8, 4) is 55.6 Å². The summed E-state index contributed by atoms with van der Waals surface area (Å²) >= 11 is 0. The van der Waals surface area contributed by atoms with E-state index in [1.807, 2.05) is 0 Å². The Kier molecular flexibility index (Phi) is 9.00. The Morgan fingerprint density at radius 2 is 1.01 bits per heavy atom. The van der Waals surface area contributed by atoms with Crippen LogP contribution in [0.25, 0.3) is 77.4 Å². The zero-order chi connectivity index (χ0) is 45.2. The average Bonchev–Trinajstić information content (AvgIpc) is 3.66. The summed E-state index contributed by atoms with van der Waals surface area (Å²) in [5.74, 6) is 0. The first kappa shape index (κ1) is 40.0. The second-order valence-corrected chi connectivity index (χ2v) is 19.9. The summed E-state index contributed by atoms with van der Waals surface area (Å²) in [6.07, 6.45) is 4.63. The standard InChI is InChI=1S/C64H53BN2/c1-38-29-40(3)60(41(4)30-38)46-21-25-51(26-22-46)66-58-28-24-49(61-42(5)31-39(2)32-43(61)6)36-56(58)65-63-59(66)37-48-19-13-14-20-52(48)62(63)55-35-50(45-17-11-8-12-18-45)34-54-53-33-47(44-15-9-7-10-16-44)23-27-57(53)67(65)64(54)55/h7-12,15-18,21-37H,13-14,19-20H2,1-6H3. The monoisotopic (exact) mass is 860 g/mol. The number of anilines is 3.